The molecular weight excluding hydrogens is 238 g/mol. The zero-order valence-corrected chi connectivity index (χ0v) is 7.86. The zero-order valence-electron chi connectivity index (χ0n) is 7.05. The van der Waals surface area contributed by atoms with Crippen molar-refractivity contribution in [3.05, 3.63) is 24.0 Å². The predicted octanol–water partition coefficient (Wildman–Crippen LogP) is 1.70. The van der Waals surface area contributed by atoms with E-state index in [2.05, 4.69) is 0 Å². The van der Waals surface area contributed by atoms with Crippen LogP contribution in [0.3, 0.4) is 0 Å². The summed E-state index contributed by atoms with van der Waals surface area (Å²) in [7, 11) is -5.74. The Balaban J connectivity index is 3.55. The lowest BCUT2D eigenvalue weighted by Crippen LogP contribution is -2.25. The van der Waals surface area contributed by atoms with Crippen LogP contribution in [0.2, 0.25) is 0 Å². The smallest absolute Gasteiger partial charge is 0.398 e. The SMILES string of the molecule is Nc1cccc(F)c1S(=O)(=O)C(F)(F)F. The van der Waals surface area contributed by atoms with Gasteiger partial charge in [-0.05, 0) is 12.1 Å². The number of rotatable bonds is 1. The maximum atomic E-state index is 12.9. The summed E-state index contributed by atoms with van der Waals surface area (Å²) in [4.78, 5) is -1.53. The summed E-state index contributed by atoms with van der Waals surface area (Å²) in [5.74, 6) is -1.52. The quantitative estimate of drug-likeness (QED) is 0.603. The summed E-state index contributed by atoms with van der Waals surface area (Å²) in [5, 5.41) is 0. The van der Waals surface area contributed by atoms with Gasteiger partial charge in [-0.3, -0.25) is 0 Å². The van der Waals surface area contributed by atoms with Crippen molar-refractivity contribution in [2.24, 2.45) is 0 Å². The van der Waals surface area contributed by atoms with Crippen LogP contribution in [-0.2, 0) is 9.84 Å². The second-order valence-corrected chi connectivity index (χ2v) is 4.49. The average Bonchev–Trinajstić information content (AvgIpc) is 2.00. The van der Waals surface area contributed by atoms with Gasteiger partial charge in [0.25, 0.3) is 9.84 Å². The van der Waals surface area contributed by atoms with Gasteiger partial charge in [-0.1, -0.05) is 6.07 Å². The standard InChI is InChI=1S/C7H5F4NO2S/c8-4-2-1-3-5(12)6(4)15(13,14)7(9,10)11/h1-3H,12H2. The molecule has 0 aromatic heterocycles. The Morgan fingerprint density at radius 1 is 1.20 bits per heavy atom. The maximum absolute atomic E-state index is 12.9. The van der Waals surface area contributed by atoms with Crippen molar-refractivity contribution in [1.82, 2.24) is 0 Å². The molecule has 3 nitrogen and oxygen atoms in total. The highest BCUT2D eigenvalue weighted by Crippen LogP contribution is 2.34. The van der Waals surface area contributed by atoms with Crippen molar-refractivity contribution in [2.75, 3.05) is 5.73 Å². The molecular formula is C7H5F4NO2S. The van der Waals surface area contributed by atoms with Gasteiger partial charge in [0.05, 0.1) is 5.69 Å². The molecule has 0 saturated carbocycles. The van der Waals surface area contributed by atoms with E-state index in [1.165, 1.54) is 0 Å². The summed E-state index contributed by atoms with van der Waals surface area (Å²) >= 11 is 0. The van der Waals surface area contributed by atoms with Crippen LogP contribution in [-0.4, -0.2) is 13.9 Å². The molecule has 2 N–H and O–H groups in total. The van der Waals surface area contributed by atoms with E-state index in [0.29, 0.717) is 6.07 Å². The molecule has 1 aromatic carbocycles. The van der Waals surface area contributed by atoms with Gasteiger partial charge < -0.3 is 5.73 Å². The van der Waals surface area contributed by atoms with E-state index < -0.39 is 31.7 Å². The minimum atomic E-state index is -5.74. The molecule has 0 aliphatic rings. The molecule has 0 amide bonds. The highest BCUT2D eigenvalue weighted by Gasteiger charge is 2.49. The fourth-order valence-corrected chi connectivity index (χ4v) is 1.86. The molecule has 1 rings (SSSR count). The number of alkyl halides is 3. The fraction of sp³-hybridized carbons (Fsp3) is 0.143. The lowest BCUT2D eigenvalue weighted by Gasteiger charge is -2.10. The Bertz CT molecular complexity index is 460. The van der Waals surface area contributed by atoms with Crippen molar-refractivity contribution in [3.63, 3.8) is 0 Å². The van der Waals surface area contributed by atoms with Crippen LogP contribution in [0.1, 0.15) is 0 Å². The van der Waals surface area contributed by atoms with Crippen LogP contribution in [0.4, 0.5) is 23.2 Å². The summed E-state index contributed by atoms with van der Waals surface area (Å²) in [5.41, 5.74) is -1.35. The lowest BCUT2D eigenvalue weighted by molar-refractivity contribution is -0.0437. The molecule has 15 heavy (non-hydrogen) atoms. The number of halogens is 4. The van der Waals surface area contributed by atoms with Crippen LogP contribution in [0.15, 0.2) is 23.1 Å². The van der Waals surface area contributed by atoms with Crippen molar-refractivity contribution in [3.8, 4) is 0 Å². The minimum absolute atomic E-state index is 0.592. The lowest BCUT2D eigenvalue weighted by atomic mass is 10.3. The monoisotopic (exact) mass is 243 g/mol. The Morgan fingerprint density at radius 3 is 2.13 bits per heavy atom. The largest absolute Gasteiger partial charge is 0.502 e. The molecule has 0 bridgehead atoms. The third-order valence-corrected chi connectivity index (χ3v) is 3.15. The number of hydrogen-bond donors (Lipinski definition) is 1. The number of sulfone groups is 1. The minimum Gasteiger partial charge on any atom is -0.398 e. The molecule has 0 unspecified atom stereocenters. The maximum Gasteiger partial charge on any atom is 0.502 e. The Kier molecular flexibility index (Phi) is 2.64. The summed E-state index contributed by atoms with van der Waals surface area (Å²) in [6, 6.07) is 2.48. The summed E-state index contributed by atoms with van der Waals surface area (Å²) < 4.78 is 70.8. The van der Waals surface area contributed by atoms with Gasteiger partial charge in [0.15, 0.2) is 0 Å². The van der Waals surface area contributed by atoms with Gasteiger partial charge in [-0.2, -0.15) is 13.2 Å². The van der Waals surface area contributed by atoms with E-state index in [1.54, 1.807) is 0 Å². The molecule has 0 radical (unpaired) electrons. The molecule has 8 heteroatoms. The molecule has 0 spiro atoms. The first-order valence-corrected chi connectivity index (χ1v) is 5.01. The third kappa shape index (κ3) is 1.89. The topological polar surface area (TPSA) is 60.2 Å². The molecule has 0 aliphatic carbocycles. The van der Waals surface area contributed by atoms with E-state index in [4.69, 9.17) is 5.73 Å². The summed E-state index contributed by atoms with van der Waals surface area (Å²) in [6.45, 7) is 0. The van der Waals surface area contributed by atoms with Gasteiger partial charge in [0.1, 0.15) is 10.7 Å². The molecule has 84 valence electrons. The molecule has 0 heterocycles. The molecule has 0 atom stereocenters. The van der Waals surface area contributed by atoms with Crippen LogP contribution in [0.25, 0.3) is 0 Å². The Morgan fingerprint density at radius 2 is 1.73 bits per heavy atom. The van der Waals surface area contributed by atoms with Gasteiger partial charge in [0.2, 0.25) is 0 Å². The van der Waals surface area contributed by atoms with Gasteiger partial charge in [0, 0.05) is 0 Å². The second-order valence-electron chi connectivity index (χ2n) is 2.61. The number of nitrogens with two attached hydrogens (primary N) is 1. The number of benzene rings is 1. The van der Waals surface area contributed by atoms with E-state index in [1.807, 2.05) is 0 Å². The van der Waals surface area contributed by atoms with Gasteiger partial charge in [-0.15, -0.1) is 0 Å². The van der Waals surface area contributed by atoms with Crippen LogP contribution in [0.5, 0.6) is 0 Å². The van der Waals surface area contributed by atoms with Gasteiger partial charge in [-0.25, -0.2) is 12.8 Å². The highest BCUT2D eigenvalue weighted by molar-refractivity contribution is 7.92. The third-order valence-electron chi connectivity index (χ3n) is 1.57. The number of anilines is 1. The molecule has 0 aliphatic heterocycles. The Hall–Kier alpha value is -1.31. The fourth-order valence-electron chi connectivity index (χ4n) is 0.925. The first-order chi connectivity index (χ1) is 6.68. The van der Waals surface area contributed by atoms with Crippen LogP contribution >= 0.6 is 0 Å². The Labute approximate surface area is 82.4 Å². The van der Waals surface area contributed by atoms with E-state index in [0.717, 1.165) is 12.1 Å². The van der Waals surface area contributed by atoms with E-state index in [9.17, 15) is 26.0 Å². The van der Waals surface area contributed by atoms with Crippen LogP contribution < -0.4 is 5.73 Å². The van der Waals surface area contributed by atoms with Crippen molar-refractivity contribution in [2.45, 2.75) is 10.4 Å². The molecule has 1 aromatic rings. The molecule has 0 saturated heterocycles. The van der Waals surface area contributed by atoms with E-state index in [-0.39, 0.29) is 0 Å². The predicted molar refractivity (Wildman–Crippen MR) is 44.1 cm³/mol. The number of hydrogen-bond acceptors (Lipinski definition) is 3. The zero-order chi connectivity index (χ0) is 11.9. The average molecular weight is 243 g/mol. The van der Waals surface area contributed by atoms with Gasteiger partial charge >= 0.3 is 5.51 Å². The first kappa shape index (κ1) is 11.8. The summed E-state index contributed by atoms with van der Waals surface area (Å²) in [6.07, 6.45) is 0. The van der Waals surface area contributed by atoms with E-state index >= 15 is 0 Å². The highest BCUT2D eigenvalue weighted by atomic mass is 32.2. The van der Waals surface area contributed by atoms with Crippen molar-refractivity contribution in [1.29, 1.82) is 0 Å². The first-order valence-electron chi connectivity index (χ1n) is 3.53. The van der Waals surface area contributed by atoms with Crippen LogP contribution in [0, 0.1) is 5.82 Å². The second kappa shape index (κ2) is 3.37. The molecule has 0 fully saturated rings. The van der Waals surface area contributed by atoms with Crippen molar-refractivity contribution >= 4 is 15.5 Å². The normalized spacial score (nSPS) is 12.8. The van der Waals surface area contributed by atoms with Crippen molar-refractivity contribution < 1.29 is 26.0 Å². The number of nitrogen functional groups attached to an aromatic ring is 1.